The maximum atomic E-state index is 12.2. The van der Waals surface area contributed by atoms with Crippen molar-refractivity contribution in [2.75, 3.05) is 13.2 Å². The molecule has 7 heteroatoms. The van der Waals surface area contributed by atoms with Crippen LogP contribution in [0.15, 0.2) is 23.4 Å². The number of aromatic nitrogens is 1. The van der Waals surface area contributed by atoms with Gasteiger partial charge in [0.05, 0.1) is 6.10 Å². The van der Waals surface area contributed by atoms with Gasteiger partial charge >= 0.3 is 0 Å². The number of nitrogens with one attached hydrogen (secondary N) is 2. The highest BCUT2D eigenvalue weighted by Crippen LogP contribution is 2.24. The predicted octanol–water partition coefficient (Wildman–Crippen LogP) is 1.04. The zero-order valence-electron chi connectivity index (χ0n) is 12.5. The van der Waals surface area contributed by atoms with E-state index in [2.05, 4.69) is 15.0 Å². The third kappa shape index (κ3) is 4.47. The molecule has 0 aromatic carbocycles. The SMILES string of the molecule is CCNCc1ccc(S(=O)(=O)NC2CC(OCC)C2)nc1. The normalized spacial score (nSPS) is 22.0. The molecule has 0 amide bonds. The van der Waals surface area contributed by atoms with Gasteiger partial charge in [0, 0.05) is 25.4 Å². The molecule has 0 bridgehead atoms. The molecule has 0 atom stereocenters. The van der Waals surface area contributed by atoms with E-state index in [4.69, 9.17) is 4.74 Å². The molecular formula is C14H23N3O3S. The van der Waals surface area contributed by atoms with Crippen molar-refractivity contribution in [1.82, 2.24) is 15.0 Å². The summed E-state index contributed by atoms with van der Waals surface area (Å²) in [6.07, 6.45) is 3.23. The number of ether oxygens (including phenoxy) is 1. The predicted molar refractivity (Wildman–Crippen MR) is 80.4 cm³/mol. The molecule has 1 heterocycles. The molecule has 1 aliphatic carbocycles. The second-order valence-electron chi connectivity index (χ2n) is 5.15. The van der Waals surface area contributed by atoms with E-state index in [0.717, 1.165) is 24.9 Å². The third-order valence-electron chi connectivity index (χ3n) is 3.47. The number of sulfonamides is 1. The second kappa shape index (κ2) is 7.31. The molecule has 0 radical (unpaired) electrons. The Kier molecular flexibility index (Phi) is 5.69. The van der Waals surface area contributed by atoms with Crippen LogP contribution in [-0.2, 0) is 21.3 Å². The molecule has 6 nitrogen and oxygen atoms in total. The molecule has 21 heavy (non-hydrogen) atoms. The van der Waals surface area contributed by atoms with E-state index >= 15 is 0 Å². The minimum absolute atomic E-state index is 0.0465. The average molecular weight is 313 g/mol. The van der Waals surface area contributed by atoms with Crippen LogP contribution >= 0.6 is 0 Å². The standard InChI is InChI=1S/C14H23N3O3S/c1-3-15-9-11-5-6-14(16-10-11)21(18,19)17-12-7-13(8-12)20-4-2/h5-6,10,12-13,15,17H,3-4,7-9H2,1-2H3. The van der Waals surface area contributed by atoms with Gasteiger partial charge in [-0.1, -0.05) is 13.0 Å². The van der Waals surface area contributed by atoms with E-state index in [1.807, 2.05) is 13.8 Å². The van der Waals surface area contributed by atoms with Gasteiger partial charge in [0.25, 0.3) is 10.0 Å². The van der Waals surface area contributed by atoms with Gasteiger partial charge in [-0.15, -0.1) is 0 Å². The van der Waals surface area contributed by atoms with Gasteiger partial charge in [0.15, 0.2) is 5.03 Å². The Morgan fingerprint density at radius 2 is 2.10 bits per heavy atom. The van der Waals surface area contributed by atoms with Gasteiger partial charge < -0.3 is 10.1 Å². The first-order chi connectivity index (χ1) is 10.0. The highest BCUT2D eigenvalue weighted by Gasteiger charge is 2.33. The van der Waals surface area contributed by atoms with Crippen molar-refractivity contribution in [3.8, 4) is 0 Å². The van der Waals surface area contributed by atoms with Crippen LogP contribution in [0.25, 0.3) is 0 Å². The van der Waals surface area contributed by atoms with Gasteiger partial charge in [0.2, 0.25) is 0 Å². The zero-order valence-corrected chi connectivity index (χ0v) is 13.3. The lowest BCUT2D eigenvalue weighted by Gasteiger charge is -2.34. The molecule has 1 aromatic rings. The quantitative estimate of drug-likeness (QED) is 0.749. The van der Waals surface area contributed by atoms with Crippen LogP contribution in [-0.4, -0.2) is 38.7 Å². The maximum Gasteiger partial charge on any atom is 0.258 e. The molecule has 2 N–H and O–H groups in total. The lowest BCUT2D eigenvalue weighted by molar-refractivity contribution is -0.00477. The first-order valence-electron chi connectivity index (χ1n) is 7.34. The van der Waals surface area contributed by atoms with Crippen molar-refractivity contribution in [1.29, 1.82) is 0 Å². The summed E-state index contributed by atoms with van der Waals surface area (Å²) in [6, 6.07) is 3.29. The van der Waals surface area contributed by atoms with E-state index in [-0.39, 0.29) is 17.2 Å². The molecule has 1 aromatic heterocycles. The van der Waals surface area contributed by atoms with Crippen molar-refractivity contribution < 1.29 is 13.2 Å². The van der Waals surface area contributed by atoms with Gasteiger partial charge in [0.1, 0.15) is 0 Å². The Hall–Kier alpha value is -1.02. The molecule has 1 fully saturated rings. The molecule has 1 saturated carbocycles. The molecule has 118 valence electrons. The molecule has 0 unspecified atom stereocenters. The molecule has 1 aliphatic rings. The van der Waals surface area contributed by atoms with Crippen LogP contribution in [0.4, 0.5) is 0 Å². The zero-order chi connectivity index (χ0) is 15.3. The lowest BCUT2D eigenvalue weighted by atomic mass is 9.90. The molecule has 0 spiro atoms. The topological polar surface area (TPSA) is 80.3 Å². The van der Waals surface area contributed by atoms with E-state index in [0.29, 0.717) is 13.2 Å². The van der Waals surface area contributed by atoms with Crippen LogP contribution in [0.1, 0.15) is 32.3 Å². The van der Waals surface area contributed by atoms with Crippen LogP contribution < -0.4 is 10.0 Å². The first-order valence-corrected chi connectivity index (χ1v) is 8.83. The Morgan fingerprint density at radius 1 is 1.33 bits per heavy atom. The highest BCUT2D eigenvalue weighted by molar-refractivity contribution is 7.89. The average Bonchev–Trinajstić information content (AvgIpc) is 2.43. The Balaban J connectivity index is 1.90. The number of rotatable bonds is 8. The summed E-state index contributed by atoms with van der Waals surface area (Å²) in [5.41, 5.74) is 0.968. The minimum Gasteiger partial charge on any atom is -0.378 e. The van der Waals surface area contributed by atoms with E-state index in [1.165, 1.54) is 0 Å². The van der Waals surface area contributed by atoms with Gasteiger partial charge in [-0.3, -0.25) is 0 Å². The second-order valence-corrected chi connectivity index (χ2v) is 6.81. The molecule has 2 rings (SSSR count). The number of nitrogens with zero attached hydrogens (tertiary/aromatic N) is 1. The van der Waals surface area contributed by atoms with E-state index in [9.17, 15) is 8.42 Å². The number of hydrogen-bond acceptors (Lipinski definition) is 5. The van der Waals surface area contributed by atoms with Crippen molar-refractivity contribution >= 4 is 10.0 Å². The Bertz CT molecular complexity index is 539. The van der Waals surface area contributed by atoms with Gasteiger partial charge in [-0.2, -0.15) is 0 Å². The maximum absolute atomic E-state index is 12.2. The van der Waals surface area contributed by atoms with Crippen LogP contribution in [0, 0.1) is 0 Å². The van der Waals surface area contributed by atoms with E-state index in [1.54, 1.807) is 18.3 Å². The molecular weight excluding hydrogens is 290 g/mol. The summed E-state index contributed by atoms with van der Waals surface area (Å²) in [5, 5.41) is 3.24. The highest BCUT2D eigenvalue weighted by atomic mass is 32.2. The number of pyridine rings is 1. The summed E-state index contributed by atoms with van der Waals surface area (Å²) >= 11 is 0. The van der Waals surface area contributed by atoms with Crippen molar-refractivity contribution in [2.45, 2.75) is 50.4 Å². The van der Waals surface area contributed by atoms with Crippen molar-refractivity contribution in [3.63, 3.8) is 0 Å². The summed E-state index contributed by atoms with van der Waals surface area (Å²) in [6.45, 7) is 6.18. The van der Waals surface area contributed by atoms with Gasteiger partial charge in [-0.05, 0) is 37.9 Å². The first kappa shape index (κ1) is 16.4. The Labute approximate surface area is 126 Å². The summed E-state index contributed by atoms with van der Waals surface area (Å²) in [4.78, 5) is 4.05. The van der Waals surface area contributed by atoms with Crippen LogP contribution in [0.3, 0.4) is 0 Å². The van der Waals surface area contributed by atoms with Gasteiger partial charge in [-0.25, -0.2) is 18.1 Å². The fourth-order valence-corrected chi connectivity index (χ4v) is 3.45. The summed E-state index contributed by atoms with van der Waals surface area (Å²) in [7, 11) is -3.53. The smallest absolute Gasteiger partial charge is 0.258 e. The lowest BCUT2D eigenvalue weighted by Crippen LogP contribution is -2.47. The van der Waals surface area contributed by atoms with Crippen molar-refractivity contribution in [2.24, 2.45) is 0 Å². The summed E-state index contributed by atoms with van der Waals surface area (Å²) < 4.78 is 32.5. The fourth-order valence-electron chi connectivity index (χ4n) is 2.26. The largest absolute Gasteiger partial charge is 0.378 e. The van der Waals surface area contributed by atoms with Crippen LogP contribution in [0.2, 0.25) is 0 Å². The fraction of sp³-hybridized carbons (Fsp3) is 0.643. The number of hydrogen-bond donors (Lipinski definition) is 2. The third-order valence-corrected chi connectivity index (χ3v) is 4.91. The monoisotopic (exact) mass is 313 g/mol. The van der Waals surface area contributed by atoms with E-state index < -0.39 is 10.0 Å². The van der Waals surface area contributed by atoms with Crippen molar-refractivity contribution in [3.05, 3.63) is 23.9 Å². The van der Waals surface area contributed by atoms with Crippen LogP contribution in [0.5, 0.6) is 0 Å². The summed E-state index contributed by atoms with van der Waals surface area (Å²) in [5.74, 6) is 0. The molecule has 0 aliphatic heterocycles. The Morgan fingerprint density at radius 3 is 2.67 bits per heavy atom. The molecule has 0 saturated heterocycles. The minimum atomic E-state index is -3.53.